The van der Waals surface area contributed by atoms with Gasteiger partial charge in [0.1, 0.15) is 0 Å². The van der Waals surface area contributed by atoms with Gasteiger partial charge in [-0.15, -0.1) is 0 Å². The molecule has 30 heavy (non-hydrogen) atoms. The van der Waals surface area contributed by atoms with Gasteiger partial charge in [-0.1, -0.05) is 30.7 Å². The van der Waals surface area contributed by atoms with Gasteiger partial charge in [0.2, 0.25) is 11.8 Å². The Labute approximate surface area is 176 Å². The zero-order valence-corrected chi connectivity index (χ0v) is 17.2. The molecule has 0 spiro atoms. The van der Waals surface area contributed by atoms with Crippen molar-refractivity contribution in [1.29, 1.82) is 0 Å². The molecule has 1 aliphatic rings. The monoisotopic (exact) mass is 406 g/mol. The molecule has 0 aliphatic heterocycles. The summed E-state index contributed by atoms with van der Waals surface area (Å²) in [6.45, 7) is 2.97. The second kappa shape index (κ2) is 9.48. The van der Waals surface area contributed by atoms with Crippen molar-refractivity contribution in [3.8, 4) is 0 Å². The Morgan fingerprint density at radius 2 is 1.17 bits per heavy atom. The van der Waals surface area contributed by atoms with Crippen molar-refractivity contribution in [2.75, 3.05) is 10.6 Å². The van der Waals surface area contributed by atoms with Crippen LogP contribution in [0.5, 0.6) is 0 Å². The van der Waals surface area contributed by atoms with E-state index in [0.717, 1.165) is 19.3 Å². The molecule has 2 N–H and O–H groups in total. The Morgan fingerprint density at radius 3 is 1.57 bits per heavy atom. The molecule has 2 aromatic rings. The lowest BCUT2D eigenvalue weighted by Gasteiger charge is -2.27. The molecule has 6 nitrogen and oxygen atoms in total. The van der Waals surface area contributed by atoms with E-state index in [2.05, 4.69) is 10.6 Å². The van der Waals surface area contributed by atoms with E-state index >= 15 is 0 Å². The molecule has 0 aromatic heterocycles. The fourth-order valence-corrected chi connectivity index (χ4v) is 3.79. The Kier molecular flexibility index (Phi) is 6.77. The topological polar surface area (TPSA) is 92.3 Å². The number of amides is 2. The zero-order valence-electron chi connectivity index (χ0n) is 17.2. The Bertz CT molecular complexity index is 905. The van der Waals surface area contributed by atoms with Crippen LogP contribution in [0.25, 0.3) is 0 Å². The highest BCUT2D eigenvalue weighted by molar-refractivity contribution is 5.99. The maximum atomic E-state index is 12.7. The molecular weight excluding hydrogens is 380 g/mol. The van der Waals surface area contributed by atoms with E-state index in [1.165, 1.54) is 13.8 Å². The van der Waals surface area contributed by atoms with Crippen molar-refractivity contribution < 1.29 is 19.2 Å². The molecule has 1 aliphatic carbocycles. The number of Topliss-reactive ketones (excluding diaryl/α,β-unsaturated/α-hetero) is 2. The van der Waals surface area contributed by atoms with Crippen LogP contribution in [0, 0.1) is 11.8 Å². The van der Waals surface area contributed by atoms with Crippen molar-refractivity contribution in [3.63, 3.8) is 0 Å². The molecule has 0 heterocycles. The molecule has 0 saturated heterocycles. The summed E-state index contributed by atoms with van der Waals surface area (Å²) in [5, 5.41) is 5.75. The smallest absolute Gasteiger partial charge is 0.227 e. The maximum absolute atomic E-state index is 12.7. The zero-order chi connectivity index (χ0) is 21.7. The lowest BCUT2D eigenvalue weighted by molar-refractivity contribution is -0.124. The standard InChI is InChI=1S/C24H26N2O4/c1-15(27)17-6-4-10-21(13-17)25-23(29)19-8-3-9-20(12-19)24(30)26-22-11-5-7-18(14-22)16(2)28/h4-7,10-11,13-14,19-20H,3,8-9,12H2,1-2H3,(H,25,29)(H,26,30). The third-order valence-electron chi connectivity index (χ3n) is 5.49. The summed E-state index contributed by atoms with van der Waals surface area (Å²) >= 11 is 0. The summed E-state index contributed by atoms with van der Waals surface area (Å²) in [5.41, 5.74) is 2.25. The highest BCUT2D eigenvalue weighted by Gasteiger charge is 2.31. The van der Waals surface area contributed by atoms with Crippen LogP contribution in [0.3, 0.4) is 0 Å². The summed E-state index contributed by atoms with van der Waals surface area (Å²) in [6.07, 6.45) is 2.71. The second-order valence-corrected chi connectivity index (χ2v) is 7.81. The summed E-state index contributed by atoms with van der Waals surface area (Å²) in [5.74, 6) is -0.916. The molecule has 2 unspecified atom stereocenters. The van der Waals surface area contributed by atoms with Crippen LogP contribution in [0.4, 0.5) is 11.4 Å². The van der Waals surface area contributed by atoms with Gasteiger partial charge >= 0.3 is 0 Å². The largest absolute Gasteiger partial charge is 0.326 e. The van der Waals surface area contributed by atoms with Crippen molar-refractivity contribution in [3.05, 3.63) is 59.7 Å². The van der Waals surface area contributed by atoms with Crippen LogP contribution in [0.1, 0.15) is 60.2 Å². The average Bonchev–Trinajstić information content (AvgIpc) is 2.74. The predicted molar refractivity (Wildman–Crippen MR) is 116 cm³/mol. The van der Waals surface area contributed by atoms with E-state index in [4.69, 9.17) is 0 Å². The first-order chi connectivity index (χ1) is 14.3. The molecule has 1 fully saturated rings. The normalized spacial score (nSPS) is 18.3. The van der Waals surface area contributed by atoms with E-state index in [-0.39, 0.29) is 35.2 Å². The predicted octanol–water partition coefficient (Wildman–Crippen LogP) is 4.48. The number of anilines is 2. The number of hydrogen-bond acceptors (Lipinski definition) is 4. The highest BCUT2D eigenvalue weighted by Crippen LogP contribution is 2.31. The summed E-state index contributed by atoms with van der Waals surface area (Å²) < 4.78 is 0. The van der Waals surface area contributed by atoms with Gasteiger partial charge in [0.05, 0.1) is 0 Å². The lowest BCUT2D eigenvalue weighted by atomic mass is 9.80. The number of carbonyl (C=O) groups excluding carboxylic acids is 4. The van der Waals surface area contributed by atoms with Gasteiger partial charge in [-0.2, -0.15) is 0 Å². The van der Waals surface area contributed by atoms with Crippen LogP contribution in [-0.2, 0) is 9.59 Å². The maximum Gasteiger partial charge on any atom is 0.227 e. The fourth-order valence-electron chi connectivity index (χ4n) is 3.79. The SMILES string of the molecule is CC(=O)c1cccc(NC(=O)C2CCCC(C(=O)Nc3cccc(C(C)=O)c3)C2)c1. The molecule has 0 radical (unpaired) electrons. The van der Waals surface area contributed by atoms with Gasteiger partial charge in [-0.05, 0) is 57.4 Å². The van der Waals surface area contributed by atoms with Crippen LogP contribution >= 0.6 is 0 Å². The van der Waals surface area contributed by atoms with Crippen LogP contribution in [-0.4, -0.2) is 23.4 Å². The number of carbonyl (C=O) groups is 4. The number of ketones is 2. The quantitative estimate of drug-likeness (QED) is 0.692. The van der Waals surface area contributed by atoms with Gasteiger partial charge in [-0.25, -0.2) is 0 Å². The van der Waals surface area contributed by atoms with Crippen LogP contribution in [0.2, 0.25) is 0 Å². The van der Waals surface area contributed by atoms with E-state index in [1.807, 2.05) is 0 Å². The molecule has 3 rings (SSSR count). The van der Waals surface area contributed by atoms with Crippen molar-refractivity contribution in [2.24, 2.45) is 11.8 Å². The highest BCUT2D eigenvalue weighted by atomic mass is 16.2. The van der Waals surface area contributed by atoms with E-state index < -0.39 is 0 Å². The minimum atomic E-state index is -0.265. The number of hydrogen-bond donors (Lipinski definition) is 2. The van der Waals surface area contributed by atoms with Crippen LogP contribution < -0.4 is 10.6 Å². The van der Waals surface area contributed by atoms with E-state index in [9.17, 15) is 19.2 Å². The average molecular weight is 406 g/mol. The molecule has 1 saturated carbocycles. The van der Waals surface area contributed by atoms with Gasteiger partial charge in [-0.3, -0.25) is 19.2 Å². The molecule has 2 aromatic carbocycles. The molecule has 2 amide bonds. The fraction of sp³-hybridized carbons (Fsp3) is 0.333. The first-order valence-corrected chi connectivity index (χ1v) is 10.2. The van der Waals surface area contributed by atoms with Gasteiger partial charge in [0.25, 0.3) is 0 Å². The van der Waals surface area contributed by atoms with Gasteiger partial charge in [0, 0.05) is 34.3 Å². The lowest BCUT2D eigenvalue weighted by Crippen LogP contribution is -2.33. The Hall–Kier alpha value is -3.28. The second-order valence-electron chi connectivity index (χ2n) is 7.81. The van der Waals surface area contributed by atoms with Crippen molar-refractivity contribution >= 4 is 34.8 Å². The third-order valence-corrected chi connectivity index (χ3v) is 5.49. The van der Waals surface area contributed by atoms with Gasteiger partial charge < -0.3 is 10.6 Å². The number of rotatable bonds is 6. The van der Waals surface area contributed by atoms with Crippen molar-refractivity contribution in [2.45, 2.75) is 39.5 Å². The van der Waals surface area contributed by atoms with Gasteiger partial charge in [0.15, 0.2) is 11.6 Å². The first-order valence-electron chi connectivity index (χ1n) is 10.2. The summed E-state index contributed by atoms with van der Waals surface area (Å²) in [6, 6.07) is 13.7. The Morgan fingerprint density at radius 1 is 0.733 bits per heavy atom. The molecular formula is C24H26N2O4. The number of nitrogens with one attached hydrogen (secondary N) is 2. The van der Waals surface area contributed by atoms with E-state index in [1.54, 1.807) is 48.5 Å². The van der Waals surface area contributed by atoms with Crippen molar-refractivity contribution in [1.82, 2.24) is 0 Å². The summed E-state index contributed by atoms with van der Waals surface area (Å²) in [7, 11) is 0. The minimum absolute atomic E-state index is 0.0608. The molecule has 156 valence electrons. The van der Waals surface area contributed by atoms with E-state index in [0.29, 0.717) is 28.9 Å². The van der Waals surface area contributed by atoms with Crippen LogP contribution in [0.15, 0.2) is 48.5 Å². The first kappa shape index (κ1) is 21.4. The molecule has 6 heteroatoms. The summed E-state index contributed by atoms with van der Waals surface area (Å²) in [4.78, 5) is 48.5. The Balaban J connectivity index is 1.61. The number of benzene rings is 2. The molecule has 2 atom stereocenters. The minimum Gasteiger partial charge on any atom is -0.326 e. The third kappa shape index (κ3) is 5.41. The molecule has 0 bridgehead atoms.